The van der Waals surface area contributed by atoms with E-state index in [1.54, 1.807) is 11.3 Å². The fraction of sp³-hybridized carbons (Fsp3) is 0.400. The van der Waals surface area contributed by atoms with Crippen molar-refractivity contribution in [2.45, 2.75) is 32.9 Å². The van der Waals surface area contributed by atoms with Gasteiger partial charge in [0.15, 0.2) is 0 Å². The molecule has 2 unspecified atom stereocenters. The van der Waals surface area contributed by atoms with Gasteiger partial charge < -0.3 is 5.32 Å². The highest BCUT2D eigenvalue weighted by molar-refractivity contribution is 7.19. The molecule has 0 fully saturated rings. The van der Waals surface area contributed by atoms with Crippen molar-refractivity contribution in [3.63, 3.8) is 0 Å². The number of nitrogens with one attached hydrogen (secondary N) is 2. The first kappa shape index (κ1) is 14.0. The standard InChI is InChI=1S/C15H20N2OS/c1-4-16-15(18)11(3)17-10(2)14-9-12-7-5-6-8-13(12)19-14/h5-11,17H,4H2,1-3H3,(H,16,18). The Hall–Kier alpha value is -1.39. The molecule has 0 bridgehead atoms. The summed E-state index contributed by atoms with van der Waals surface area (Å²) < 4.78 is 1.29. The Bertz CT molecular complexity index is 531. The van der Waals surface area contributed by atoms with Crippen LogP contribution in [0.25, 0.3) is 10.1 Å². The third-order valence-corrected chi connectivity index (χ3v) is 4.41. The van der Waals surface area contributed by atoms with E-state index in [4.69, 9.17) is 0 Å². The fourth-order valence-corrected chi connectivity index (χ4v) is 3.15. The van der Waals surface area contributed by atoms with Gasteiger partial charge in [-0.2, -0.15) is 0 Å². The molecule has 0 radical (unpaired) electrons. The van der Waals surface area contributed by atoms with Crippen LogP contribution in [0.3, 0.4) is 0 Å². The molecular formula is C15H20N2OS. The second kappa shape index (κ2) is 6.17. The molecule has 4 heteroatoms. The number of hydrogen-bond donors (Lipinski definition) is 2. The summed E-state index contributed by atoms with van der Waals surface area (Å²) in [5.74, 6) is 0.0514. The molecule has 102 valence electrons. The largest absolute Gasteiger partial charge is 0.355 e. The summed E-state index contributed by atoms with van der Waals surface area (Å²) in [6.45, 7) is 6.59. The van der Waals surface area contributed by atoms with Gasteiger partial charge in [0.25, 0.3) is 0 Å². The van der Waals surface area contributed by atoms with Crippen LogP contribution in [0.5, 0.6) is 0 Å². The number of benzene rings is 1. The fourth-order valence-electron chi connectivity index (χ4n) is 2.08. The monoisotopic (exact) mass is 276 g/mol. The minimum atomic E-state index is -0.180. The molecule has 0 aliphatic heterocycles. The van der Waals surface area contributed by atoms with E-state index in [1.165, 1.54) is 15.0 Å². The predicted molar refractivity (Wildman–Crippen MR) is 81.5 cm³/mol. The molecule has 1 aromatic heterocycles. The lowest BCUT2D eigenvalue weighted by molar-refractivity contribution is -0.122. The van der Waals surface area contributed by atoms with Crippen LogP contribution in [0.15, 0.2) is 30.3 Å². The average molecular weight is 276 g/mol. The highest BCUT2D eigenvalue weighted by Crippen LogP contribution is 2.29. The van der Waals surface area contributed by atoms with Gasteiger partial charge in [-0.25, -0.2) is 0 Å². The van der Waals surface area contributed by atoms with Gasteiger partial charge in [0.2, 0.25) is 5.91 Å². The molecule has 2 rings (SSSR count). The summed E-state index contributed by atoms with van der Waals surface area (Å²) >= 11 is 1.78. The van der Waals surface area contributed by atoms with E-state index >= 15 is 0 Å². The number of carbonyl (C=O) groups is 1. The topological polar surface area (TPSA) is 41.1 Å². The number of amides is 1. The molecular weight excluding hydrogens is 256 g/mol. The van der Waals surface area contributed by atoms with Crippen LogP contribution in [0.4, 0.5) is 0 Å². The molecule has 0 saturated heterocycles. The van der Waals surface area contributed by atoms with Crippen molar-refractivity contribution >= 4 is 27.3 Å². The van der Waals surface area contributed by atoms with Crippen molar-refractivity contribution in [1.29, 1.82) is 0 Å². The molecule has 1 aromatic carbocycles. The maximum Gasteiger partial charge on any atom is 0.236 e. The predicted octanol–water partition coefficient (Wildman–Crippen LogP) is 3.08. The average Bonchev–Trinajstić information content (AvgIpc) is 2.82. The quantitative estimate of drug-likeness (QED) is 0.881. The molecule has 0 saturated carbocycles. The van der Waals surface area contributed by atoms with Crippen molar-refractivity contribution in [3.05, 3.63) is 35.2 Å². The van der Waals surface area contributed by atoms with Crippen LogP contribution >= 0.6 is 11.3 Å². The first-order chi connectivity index (χ1) is 9.11. The zero-order chi connectivity index (χ0) is 13.8. The summed E-state index contributed by atoms with van der Waals surface area (Å²) in [7, 11) is 0. The summed E-state index contributed by atoms with van der Waals surface area (Å²) in [5, 5.41) is 7.44. The minimum Gasteiger partial charge on any atom is -0.355 e. The SMILES string of the molecule is CCNC(=O)C(C)NC(C)c1cc2ccccc2s1. The third kappa shape index (κ3) is 3.33. The van der Waals surface area contributed by atoms with E-state index in [0.29, 0.717) is 6.54 Å². The number of fused-ring (bicyclic) bond motifs is 1. The van der Waals surface area contributed by atoms with Crippen LogP contribution in [-0.4, -0.2) is 18.5 Å². The zero-order valence-electron chi connectivity index (χ0n) is 11.6. The summed E-state index contributed by atoms with van der Waals surface area (Å²) in [6, 6.07) is 10.5. The number of rotatable bonds is 5. The lowest BCUT2D eigenvalue weighted by Crippen LogP contribution is -2.42. The first-order valence-electron chi connectivity index (χ1n) is 6.64. The second-order valence-corrected chi connectivity index (χ2v) is 5.81. The smallest absolute Gasteiger partial charge is 0.236 e. The van der Waals surface area contributed by atoms with E-state index in [0.717, 1.165) is 0 Å². The molecule has 2 atom stereocenters. The highest BCUT2D eigenvalue weighted by Gasteiger charge is 2.16. The van der Waals surface area contributed by atoms with E-state index in [-0.39, 0.29) is 18.0 Å². The zero-order valence-corrected chi connectivity index (χ0v) is 12.4. The summed E-state index contributed by atoms with van der Waals surface area (Å²) in [5.41, 5.74) is 0. The molecule has 3 nitrogen and oxygen atoms in total. The molecule has 0 aliphatic carbocycles. The van der Waals surface area contributed by atoms with E-state index in [1.807, 2.05) is 19.9 Å². The molecule has 0 spiro atoms. The van der Waals surface area contributed by atoms with Crippen LogP contribution < -0.4 is 10.6 Å². The lowest BCUT2D eigenvalue weighted by Gasteiger charge is -2.18. The van der Waals surface area contributed by atoms with Gasteiger partial charge in [-0.1, -0.05) is 18.2 Å². The Kier molecular flexibility index (Phi) is 4.56. The Labute approximate surface area is 118 Å². The van der Waals surface area contributed by atoms with Gasteiger partial charge >= 0.3 is 0 Å². The van der Waals surface area contributed by atoms with Crippen LogP contribution in [-0.2, 0) is 4.79 Å². The Morgan fingerprint density at radius 3 is 2.74 bits per heavy atom. The maximum atomic E-state index is 11.7. The van der Waals surface area contributed by atoms with E-state index < -0.39 is 0 Å². The number of likely N-dealkylation sites (N-methyl/N-ethyl adjacent to an activating group) is 1. The Morgan fingerprint density at radius 2 is 2.05 bits per heavy atom. The maximum absolute atomic E-state index is 11.7. The van der Waals surface area contributed by atoms with Crippen LogP contribution in [0.1, 0.15) is 31.7 Å². The van der Waals surface area contributed by atoms with Crippen molar-refractivity contribution in [3.8, 4) is 0 Å². The second-order valence-electron chi connectivity index (χ2n) is 4.69. The molecule has 0 aliphatic rings. The van der Waals surface area contributed by atoms with Crippen LogP contribution in [0.2, 0.25) is 0 Å². The highest BCUT2D eigenvalue weighted by atomic mass is 32.1. The molecule has 1 heterocycles. The first-order valence-corrected chi connectivity index (χ1v) is 7.45. The van der Waals surface area contributed by atoms with Gasteiger partial charge in [-0.05, 0) is 38.3 Å². The molecule has 2 aromatic rings. The molecule has 2 N–H and O–H groups in total. The molecule has 1 amide bonds. The number of hydrogen-bond acceptors (Lipinski definition) is 3. The van der Waals surface area contributed by atoms with Gasteiger partial charge in [0.1, 0.15) is 0 Å². The van der Waals surface area contributed by atoms with Crippen molar-refractivity contribution in [1.82, 2.24) is 10.6 Å². The number of carbonyl (C=O) groups excluding carboxylic acids is 1. The van der Waals surface area contributed by atoms with Crippen molar-refractivity contribution < 1.29 is 4.79 Å². The normalized spacial score (nSPS) is 14.3. The van der Waals surface area contributed by atoms with Gasteiger partial charge in [0, 0.05) is 22.2 Å². The summed E-state index contributed by atoms with van der Waals surface area (Å²) in [6.07, 6.45) is 0. The minimum absolute atomic E-state index is 0.0514. The van der Waals surface area contributed by atoms with Gasteiger partial charge in [-0.15, -0.1) is 11.3 Å². The molecule has 19 heavy (non-hydrogen) atoms. The lowest BCUT2D eigenvalue weighted by atomic mass is 10.2. The third-order valence-electron chi connectivity index (χ3n) is 3.12. The number of thiophene rings is 1. The Balaban J connectivity index is 2.07. The van der Waals surface area contributed by atoms with Crippen LogP contribution in [0, 0.1) is 0 Å². The van der Waals surface area contributed by atoms with E-state index in [2.05, 4.69) is 41.8 Å². The van der Waals surface area contributed by atoms with Gasteiger partial charge in [-0.3, -0.25) is 10.1 Å². The van der Waals surface area contributed by atoms with Crippen molar-refractivity contribution in [2.24, 2.45) is 0 Å². The van der Waals surface area contributed by atoms with Gasteiger partial charge in [0.05, 0.1) is 6.04 Å². The summed E-state index contributed by atoms with van der Waals surface area (Å²) in [4.78, 5) is 13.0. The van der Waals surface area contributed by atoms with E-state index in [9.17, 15) is 4.79 Å². The van der Waals surface area contributed by atoms with Crippen molar-refractivity contribution in [2.75, 3.05) is 6.54 Å². The Morgan fingerprint density at radius 1 is 1.32 bits per heavy atom.